The van der Waals surface area contributed by atoms with Gasteiger partial charge in [-0.05, 0) is 60.5 Å². The van der Waals surface area contributed by atoms with Crippen LogP contribution in [0.25, 0.3) is 6.08 Å². The molecule has 30 heavy (non-hydrogen) atoms. The number of rotatable bonds is 8. The molecule has 6 nitrogen and oxygen atoms in total. The van der Waals surface area contributed by atoms with E-state index in [0.717, 1.165) is 56.0 Å². The second-order valence-electron chi connectivity index (χ2n) is 8.12. The van der Waals surface area contributed by atoms with Gasteiger partial charge in [-0.1, -0.05) is 11.6 Å². The molecular formula is C24H37N3O3. The van der Waals surface area contributed by atoms with E-state index in [2.05, 4.69) is 34.7 Å². The van der Waals surface area contributed by atoms with Gasteiger partial charge in [-0.25, -0.2) is 4.79 Å². The fourth-order valence-electron chi connectivity index (χ4n) is 4.03. The lowest BCUT2D eigenvalue weighted by Crippen LogP contribution is -2.44. The molecule has 0 radical (unpaired) electrons. The van der Waals surface area contributed by atoms with Gasteiger partial charge in [-0.15, -0.1) is 0 Å². The Balaban J connectivity index is 2.03. The van der Waals surface area contributed by atoms with Gasteiger partial charge in [0.15, 0.2) is 0 Å². The van der Waals surface area contributed by atoms with Crippen LogP contribution in [0.15, 0.2) is 17.7 Å². The molecule has 1 N–H and O–H groups in total. The Morgan fingerprint density at radius 3 is 2.37 bits per heavy atom. The van der Waals surface area contributed by atoms with E-state index in [1.807, 2.05) is 20.8 Å². The normalized spacial score (nSPS) is 15.4. The quantitative estimate of drug-likeness (QED) is 0.398. The van der Waals surface area contributed by atoms with Crippen molar-refractivity contribution in [2.24, 2.45) is 0 Å². The summed E-state index contributed by atoms with van der Waals surface area (Å²) in [4.78, 5) is 27.4. The molecule has 1 fully saturated rings. The Kier molecular flexibility index (Phi) is 8.90. The summed E-state index contributed by atoms with van der Waals surface area (Å²) in [6.07, 6.45) is 7.44. The van der Waals surface area contributed by atoms with Crippen molar-refractivity contribution >= 4 is 18.0 Å². The Morgan fingerprint density at radius 1 is 1.13 bits per heavy atom. The molecule has 0 spiro atoms. The highest BCUT2D eigenvalue weighted by molar-refractivity contribution is 5.98. The van der Waals surface area contributed by atoms with Crippen LogP contribution in [0.1, 0.15) is 67.8 Å². The molecule has 166 valence electrons. The van der Waals surface area contributed by atoms with Crippen LogP contribution >= 0.6 is 0 Å². The molecule has 0 unspecified atom stereocenters. The number of allylic oxidation sites excluding steroid dienone is 1. The number of hydrogen-bond acceptors (Lipinski definition) is 4. The minimum Gasteiger partial charge on any atom is -0.462 e. The van der Waals surface area contributed by atoms with E-state index in [-0.39, 0.29) is 17.9 Å². The number of esters is 1. The molecule has 0 saturated carbocycles. The average Bonchev–Trinajstić information content (AvgIpc) is 2.95. The summed E-state index contributed by atoms with van der Waals surface area (Å²) in [5.41, 5.74) is 4.49. The third-order valence-electron chi connectivity index (χ3n) is 5.72. The van der Waals surface area contributed by atoms with Crippen LogP contribution in [0.2, 0.25) is 0 Å². The van der Waals surface area contributed by atoms with Crippen molar-refractivity contribution in [3.8, 4) is 0 Å². The first kappa shape index (κ1) is 23.9. The van der Waals surface area contributed by atoms with Crippen molar-refractivity contribution < 1.29 is 14.3 Å². The van der Waals surface area contributed by atoms with E-state index < -0.39 is 0 Å². The minimum absolute atomic E-state index is 0.117. The predicted octanol–water partition coefficient (Wildman–Crippen LogP) is 3.86. The van der Waals surface area contributed by atoms with E-state index in [1.165, 1.54) is 5.57 Å². The van der Waals surface area contributed by atoms with Crippen LogP contribution in [0.4, 0.5) is 0 Å². The van der Waals surface area contributed by atoms with Crippen molar-refractivity contribution in [1.29, 1.82) is 0 Å². The summed E-state index contributed by atoms with van der Waals surface area (Å²) in [6.45, 7) is 16.0. The molecule has 1 aliphatic rings. The third kappa shape index (κ3) is 6.08. The van der Waals surface area contributed by atoms with Gasteiger partial charge in [0, 0.05) is 55.2 Å². The van der Waals surface area contributed by atoms with E-state index >= 15 is 0 Å². The van der Waals surface area contributed by atoms with E-state index in [9.17, 15) is 9.59 Å². The molecule has 1 aliphatic heterocycles. The smallest absolute Gasteiger partial charge is 0.340 e. The molecule has 1 amide bonds. The highest BCUT2D eigenvalue weighted by Crippen LogP contribution is 2.25. The van der Waals surface area contributed by atoms with Crippen molar-refractivity contribution in [2.75, 3.05) is 26.2 Å². The molecule has 6 heteroatoms. The van der Waals surface area contributed by atoms with Gasteiger partial charge in [0.2, 0.25) is 5.91 Å². The zero-order chi connectivity index (χ0) is 22.3. The van der Waals surface area contributed by atoms with Gasteiger partial charge in [0.05, 0.1) is 12.2 Å². The molecule has 2 rings (SSSR count). The van der Waals surface area contributed by atoms with Crippen molar-refractivity contribution in [1.82, 2.24) is 14.8 Å². The Morgan fingerprint density at radius 2 is 1.80 bits per heavy atom. The monoisotopic (exact) mass is 415 g/mol. The highest BCUT2D eigenvalue weighted by Gasteiger charge is 2.23. The van der Waals surface area contributed by atoms with E-state index in [4.69, 9.17) is 4.74 Å². The molecule has 0 aliphatic carbocycles. The average molecular weight is 416 g/mol. The number of amides is 1. The predicted molar refractivity (Wildman–Crippen MR) is 122 cm³/mol. The fourth-order valence-corrected chi connectivity index (χ4v) is 4.03. The number of nitrogens with zero attached hydrogens (tertiary/aromatic N) is 2. The summed E-state index contributed by atoms with van der Waals surface area (Å²) < 4.78 is 7.32. The van der Waals surface area contributed by atoms with Crippen LogP contribution in [0.3, 0.4) is 0 Å². The number of carbonyl (C=O) groups is 2. The van der Waals surface area contributed by atoms with Gasteiger partial charge in [0.25, 0.3) is 0 Å². The standard InChI is InChI=1S/C24H37N3O3/c1-7-27-18(5)21(23(19(27)6)24(29)30-8-2)9-10-22(28)25-20-12-15-26(16-13-20)14-11-17(3)4/h9-11,20H,7-8,12-16H2,1-6H3,(H,25,28)/b10-9+. The summed E-state index contributed by atoms with van der Waals surface area (Å²) >= 11 is 0. The van der Waals surface area contributed by atoms with Crippen molar-refractivity contribution in [2.45, 2.75) is 67.0 Å². The molecule has 1 aromatic heterocycles. The molecule has 0 aromatic carbocycles. The number of aromatic nitrogens is 1. The summed E-state index contributed by atoms with van der Waals surface area (Å²) in [5.74, 6) is -0.456. The lowest BCUT2D eigenvalue weighted by molar-refractivity contribution is -0.117. The van der Waals surface area contributed by atoms with Gasteiger partial charge in [-0.3, -0.25) is 9.69 Å². The van der Waals surface area contributed by atoms with Crippen LogP contribution in [-0.2, 0) is 16.1 Å². The maximum absolute atomic E-state index is 12.5. The first-order valence-corrected chi connectivity index (χ1v) is 11.0. The number of nitrogens with one attached hydrogen (secondary N) is 1. The molecule has 0 bridgehead atoms. The number of hydrogen-bond donors (Lipinski definition) is 1. The van der Waals surface area contributed by atoms with E-state index in [1.54, 1.807) is 19.1 Å². The third-order valence-corrected chi connectivity index (χ3v) is 5.72. The van der Waals surface area contributed by atoms with Crippen LogP contribution in [-0.4, -0.2) is 53.6 Å². The zero-order valence-electron chi connectivity index (χ0n) is 19.4. The lowest BCUT2D eigenvalue weighted by Gasteiger charge is -2.31. The van der Waals surface area contributed by atoms with Gasteiger partial charge < -0.3 is 14.6 Å². The minimum atomic E-state index is -0.339. The Bertz CT molecular complexity index is 808. The SMILES string of the molecule is CCOC(=O)c1c(/C=C/C(=O)NC2CCN(CC=C(C)C)CC2)c(C)n(CC)c1C. The van der Waals surface area contributed by atoms with Gasteiger partial charge >= 0.3 is 5.97 Å². The topological polar surface area (TPSA) is 63.6 Å². The molecule has 2 heterocycles. The van der Waals surface area contributed by atoms with E-state index in [0.29, 0.717) is 12.2 Å². The summed E-state index contributed by atoms with van der Waals surface area (Å²) in [5, 5.41) is 3.11. The molecule has 1 saturated heterocycles. The van der Waals surface area contributed by atoms with Crippen LogP contribution in [0, 0.1) is 13.8 Å². The lowest BCUT2D eigenvalue weighted by atomic mass is 10.0. The number of ether oxygens (including phenoxy) is 1. The van der Waals surface area contributed by atoms with Crippen molar-refractivity contribution in [3.05, 3.63) is 40.2 Å². The summed E-state index contributed by atoms with van der Waals surface area (Å²) in [6, 6.07) is 0.192. The van der Waals surface area contributed by atoms with Crippen LogP contribution in [0.5, 0.6) is 0 Å². The molecule has 0 atom stereocenters. The highest BCUT2D eigenvalue weighted by atomic mass is 16.5. The van der Waals surface area contributed by atoms with Gasteiger partial charge in [0.1, 0.15) is 0 Å². The van der Waals surface area contributed by atoms with Crippen LogP contribution < -0.4 is 5.32 Å². The first-order valence-electron chi connectivity index (χ1n) is 11.0. The fraction of sp³-hybridized carbons (Fsp3) is 0.583. The maximum Gasteiger partial charge on any atom is 0.340 e. The largest absolute Gasteiger partial charge is 0.462 e. The van der Waals surface area contributed by atoms with Crippen molar-refractivity contribution in [3.63, 3.8) is 0 Å². The number of piperidine rings is 1. The number of carbonyl (C=O) groups excluding carboxylic acids is 2. The maximum atomic E-state index is 12.5. The summed E-state index contributed by atoms with van der Waals surface area (Å²) in [7, 11) is 0. The zero-order valence-corrected chi connectivity index (χ0v) is 19.4. The Hall–Kier alpha value is -2.34. The first-order chi connectivity index (χ1) is 14.3. The second-order valence-corrected chi connectivity index (χ2v) is 8.12. The molecule has 1 aromatic rings. The Labute approximate surface area is 181 Å². The number of likely N-dealkylation sites (tertiary alicyclic amines) is 1. The second kappa shape index (κ2) is 11.2. The van der Waals surface area contributed by atoms with Gasteiger partial charge in [-0.2, -0.15) is 0 Å². The molecular weight excluding hydrogens is 378 g/mol.